The Bertz CT molecular complexity index is 447. The number of rotatable bonds is 0. The van der Waals surface area contributed by atoms with E-state index >= 15 is 0 Å². The maximum atomic E-state index is 4.57. The first-order valence-electron chi connectivity index (χ1n) is 4.78. The van der Waals surface area contributed by atoms with Gasteiger partial charge in [0.05, 0.1) is 5.36 Å². The molecule has 2 aliphatic heterocycles. The number of nitrogens with zero attached hydrogens (tertiary/aromatic N) is 1. The highest BCUT2D eigenvalue weighted by atomic mass is 14.9. The molecule has 0 saturated carbocycles. The largest absolute Gasteiger partial charge is 0.312 e. The molecule has 2 heteroatoms. The summed E-state index contributed by atoms with van der Waals surface area (Å²) in [5.74, 6) is 0.662. The lowest BCUT2D eigenvalue weighted by Crippen LogP contribution is -2.34. The van der Waals surface area contributed by atoms with Gasteiger partial charge in [-0.1, -0.05) is 18.2 Å². The van der Waals surface area contributed by atoms with Gasteiger partial charge in [-0.2, -0.15) is 0 Å². The van der Waals surface area contributed by atoms with Crippen LogP contribution in [0.1, 0.15) is 0 Å². The first-order chi connectivity index (χ1) is 6.45. The summed E-state index contributed by atoms with van der Waals surface area (Å²) < 4.78 is 0. The van der Waals surface area contributed by atoms with Crippen molar-refractivity contribution in [2.24, 2.45) is 10.9 Å². The second-order valence-corrected chi connectivity index (χ2v) is 3.71. The minimum absolute atomic E-state index is 0.662. The lowest BCUT2D eigenvalue weighted by molar-refractivity contribution is 0.668. The molecule has 2 nitrogen and oxygen atoms in total. The highest BCUT2D eigenvalue weighted by Gasteiger charge is 2.22. The Labute approximate surface area is 77.0 Å². The van der Waals surface area contributed by atoms with Gasteiger partial charge in [-0.15, -0.1) is 0 Å². The van der Waals surface area contributed by atoms with E-state index in [0.717, 1.165) is 19.6 Å². The van der Waals surface area contributed by atoms with Crippen LogP contribution in [0, 0.1) is 5.92 Å². The molecule has 2 heterocycles. The third-order valence-corrected chi connectivity index (χ3v) is 2.93. The molecule has 1 aromatic carbocycles. The van der Waals surface area contributed by atoms with Crippen LogP contribution in [-0.2, 0) is 0 Å². The zero-order valence-electron chi connectivity index (χ0n) is 7.46. The quantitative estimate of drug-likeness (QED) is 0.570. The van der Waals surface area contributed by atoms with Gasteiger partial charge in [0.15, 0.2) is 0 Å². The number of hydrogen-bond acceptors (Lipinski definition) is 2. The number of benzene rings is 1. The van der Waals surface area contributed by atoms with Crippen molar-refractivity contribution in [3.05, 3.63) is 34.8 Å². The van der Waals surface area contributed by atoms with Gasteiger partial charge < -0.3 is 5.32 Å². The van der Waals surface area contributed by atoms with Crippen molar-refractivity contribution >= 4 is 5.57 Å². The second kappa shape index (κ2) is 2.67. The molecule has 1 saturated heterocycles. The normalized spacial score (nSPS) is 24.9. The van der Waals surface area contributed by atoms with E-state index in [0.29, 0.717) is 5.92 Å². The van der Waals surface area contributed by atoms with Gasteiger partial charge in [-0.25, -0.2) is 0 Å². The smallest absolute Gasteiger partial charge is 0.0647 e. The topological polar surface area (TPSA) is 24.4 Å². The van der Waals surface area contributed by atoms with Crippen molar-refractivity contribution in [2.75, 3.05) is 19.6 Å². The monoisotopic (exact) mass is 172 g/mol. The summed E-state index contributed by atoms with van der Waals surface area (Å²) in [6.45, 7) is 3.13. The fraction of sp³-hybridized carbons (Fsp3) is 0.364. The minimum atomic E-state index is 0.662. The summed E-state index contributed by atoms with van der Waals surface area (Å²) in [6.07, 6.45) is 0. The Morgan fingerprint density at radius 2 is 2.23 bits per heavy atom. The molecular formula is C11H12N2. The Kier molecular flexibility index (Phi) is 1.49. The average molecular weight is 172 g/mol. The lowest BCUT2D eigenvalue weighted by atomic mass is 9.98. The molecule has 0 bridgehead atoms. The fourth-order valence-corrected chi connectivity index (χ4v) is 2.23. The molecule has 1 unspecified atom stereocenters. The van der Waals surface area contributed by atoms with Gasteiger partial charge in [0, 0.05) is 30.8 Å². The van der Waals surface area contributed by atoms with Crippen LogP contribution in [0.25, 0.3) is 5.57 Å². The Morgan fingerprint density at radius 3 is 3.23 bits per heavy atom. The number of nitrogens with one attached hydrogen (secondary N) is 1. The molecule has 2 aliphatic rings. The van der Waals surface area contributed by atoms with E-state index in [1.807, 2.05) is 0 Å². The second-order valence-electron chi connectivity index (χ2n) is 3.71. The maximum Gasteiger partial charge on any atom is 0.0647 e. The predicted molar refractivity (Wildman–Crippen MR) is 51.9 cm³/mol. The molecule has 1 atom stereocenters. The summed E-state index contributed by atoms with van der Waals surface area (Å²) in [4.78, 5) is 4.57. The first kappa shape index (κ1) is 7.27. The van der Waals surface area contributed by atoms with Crippen LogP contribution >= 0.6 is 0 Å². The van der Waals surface area contributed by atoms with Gasteiger partial charge in [-0.3, -0.25) is 4.99 Å². The van der Waals surface area contributed by atoms with E-state index in [-0.39, 0.29) is 0 Å². The molecule has 1 aromatic rings. The van der Waals surface area contributed by atoms with Crippen molar-refractivity contribution < 1.29 is 0 Å². The summed E-state index contributed by atoms with van der Waals surface area (Å²) in [5, 5.41) is 5.95. The van der Waals surface area contributed by atoms with E-state index < -0.39 is 0 Å². The van der Waals surface area contributed by atoms with Crippen molar-refractivity contribution in [3.63, 3.8) is 0 Å². The van der Waals surface area contributed by atoms with Gasteiger partial charge in [0.25, 0.3) is 0 Å². The van der Waals surface area contributed by atoms with Crippen LogP contribution in [-0.4, -0.2) is 19.6 Å². The third kappa shape index (κ3) is 1.02. The van der Waals surface area contributed by atoms with Crippen LogP contribution in [0.5, 0.6) is 0 Å². The average Bonchev–Trinajstić information content (AvgIpc) is 2.65. The molecule has 0 aromatic heterocycles. The van der Waals surface area contributed by atoms with Crippen molar-refractivity contribution in [1.82, 2.24) is 5.32 Å². The third-order valence-electron chi connectivity index (χ3n) is 2.93. The van der Waals surface area contributed by atoms with Gasteiger partial charge in [0.1, 0.15) is 0 Å². The zero-order chi connectivity index (χ0) is 8.67. The highest BCUT2D eigenvalue weighted by Crippen LogP contribution is 2.16. The highest BCUT2D eigenvalue weighted by molar-refractivity contribution is 5.53. The van der Waals surface area contributed by atoms with E-state index in [9.17, 15) is 0 Å². The molecule has 0 amide bonds. The molecule has 13 heavy (non-hydrogen) atoms. The maximum absolute atomic E-state index is 4.57. The summed E-state index contributed by atoms with van der Waals surface area (Å²) in [5.41, 5.74) is 1.56. The van der Waals surface area contributed by atoms with E-state index in [1.165, 1.54) is 10.6 Å². The zero-order valence-corrected chi connectivity index (χ0v) is 7.46. The van der Waals surface area contributed by atoms with Crippen molar-refractivity contribution in [3.8, 4) is 0 Å². The van der Waals surface area contributed by atoms with Crippen LogP contribution in [0.3, 0.4) is 0 Å². The molecule has 66 valence electrons. The van der Waals surface area contributed by atoms with Crippen LogP contribution in [0.4, 0.5) is 0 Å². The molecule has 0 radical (unpaired) electrons. The number of fused-ring (bicyclic) bond motifs is 2. The lowest BCUT2D eigenvalue weighted by Gasteiger charge is -2.12. The van der Waals surface area contributed by atoms with Crippen LogP contribution < -0.4 is 15.9 Å². The van der Waals surface area contributed by atoms with E-state index in [4.69, 9.17) is 0 Å². The Morgan fingerprint density at radius 1 is 1.31 bits per heavy atom. The van der Waals surface area contributed by atoms with Crippen LogP contribution in [0.2, 0.25) is 0 Å². The first-order valence-corrected chi connectivity index (χ1v) is 4.78. The van der Waals surface area contributed by atoms with Gasteiger partial charge in [0.2, 0.25) is 0 Å². The Hall–Kier alpha value is -1.15. The summed E-state index contributed by atoms with van der Waals surface area (Å²) in [6, 6.07) is 8.46. The molecule has 0 spiro atoms. The molecule has 0 aliphatic carbocycles. The minimum Gasteiger partial charge on any atom is -0.312 e. The van der Waals surface area contributed by atoms with Crippen molar-refractivity contribution in [2.45, 2.75) is 0 Å². The Balaban J connectivity index is 2.38. The summed E-state index contributed by atoms with van der Waals surface area (Å²) >= 11 is 0. The standard InChI is InChI=1S/C11H12N2/c1-2-4-11-9(3-1)10-7-12-5-8(10)6-13-11/h1-4,8,12H,5-7H2. The SMILES string of the molecule is c1ccc2c(c1)=NCC1CNCC=21. The van der Waals surface area contributed by atoms with Gasteiger partial charge in [-0.05, 0) is 11.6 Å². The van der Waals surface area contributed by atoms with Gasteiger partial charge >= 0.3 is 0 Å². The van der Waals surface area contributed by atoms with E-state index in [1.54, 1.807) is 5.57 Å². The fourth-order valence-electron chi connectivity index (χ4n) is 2.23. The summed E-state index contributed by atoms with van der Waals surface area (Å²) in [7, 11) is 0. The molecule has 1 fully saturated rings. The van der Waals surface area contributed by atoms with Crippen molar-refractivity contribution in [1.29, 1.82) is 0 Å². The molecular weight excluding hydrogens is 160 g/mol. The van der Waals surface area contributed by atoms with Crippen LogP contribution in [0.15, 0.2) is 29.3 Å². The number of para-hydroxylation sites is 1. The predicted octanol–water partition coefficient (Wildman–Crippen LogP) is -0.310. The van der Waals surface area contributed by atoms with E-state index in [2.05, 4.69) is 34.6 Å². The molecule has 3 rings (SSSR count). The molecule has 1 N–H and O–H groups in total. The number of hydrogen-bond donors (Lipinski definition) is 1.